The molecule has 11 heteroatoms. The number of hydrogen-bond donors (Lipinski definition) is 1. The molecule has 1 N–H and O–H groups in total. The molecule has 8 nitrogen and oxygen atoms in total. The molecule has 2 amide bonds. The minimum absolute atomic E-state index is 0.00671. The molecule has 0 spiro atoms. The van der Waals surface area contributed by atoms with Gasteiger partial charge in [-0.25, -0.2) is 8.42 Å². The number of para-hydroxylation sites is 2. The van der Waals surface area contributed by atoms with E-state index in [-0.39, 0.29) is 47.9 Å². The highest BCUT2D eigenvalue weighted by Crippen LogP contribution is 2.33. The number of carbonyl (C=O) groups excluding carboxylic acids is 2. The standard InChI is InChI=1S/C36H39Cl2N3O5S/c1-4-26(3)39-36(43)33(23-27-12-7-6-8-13-27)40(24-28-14-11-15-30(38)22-28)35(42)25-41(32-16-9-10-17-34(32)46-5-2)47(44,45)31-20-18-29(37)19-21-31/h6-22,26,33H,4-5,23-25H2,1-3H3,(H,39,43)/t26-,33-/m1/s1. The van der Waals surface area contributed by atoms with E-state index in [0.29, 0.717) is 22.0 Å². The van der Waals surface area contributed by atoms with Crippen LogP contribution in [-0.2, 0) is 32.6 Å². The van der Waals surface area contributed by atoms with E-state index >= 15 is 0 Å². The highest BCUT2D eigenvalue weighted by Gasteiger charge is 2.36. The van der Waals surface area contributed by atoms with E-state index in [1.165, 1.54) is 29.2 Å². The Morgan fingerprint density at radius 2 is 1.49 bits per heavy atom. The first kappa shape index (κ1) is 35.8. The van der Waals surface area contributed by atoms with Crippen LogP contribution in [0.4, 0.5) is 5.69 Å². The molecule has 2 atom stereocenters. The van der Waals surface area contributed by atoms with Gasteiger partial charge in [0.15, 0.2) is 0 Å². The van der Waals surface area contributed by atoms with Crippen molar-refractivity contribution in [2.24, 2.45) is 0 Å². The van der Waals surface area contributed by atoms with Crippen molar-refractivity contribution >= 4 is 50.7 Å². The van der Waals surface area contributed by atoms with Gasteiger partial charge in [0.1, 0.15) is 18.3 Å². The van der Waals surface area contributed by atoms with Gasteiger partial charge < -0.3 is 15.0 Å². The SMILES string of the molecule is CCOc1ccccc1N(CC(=O)N(Cc1cccc(Cl)c1)[C@H](Cc1ccccc1)C(=O)N[C@H](C)CC)S(=O)(=O)c1ccc(Cl)cc1. The zero-order chi connectivity index (χ0) is 34.0. The third-order valence-electron chi connectivity index (χ3n) is 7.63. The molecule has 0 aliphatic carbocycles. The summed E-state index contributed by atoms with van der Waals surface area (Å²) in [6.45, 7) is 5.31. The number of rotatable bonds is 15. The van der Waals surface area contributed by atoms with Crippen LogP contribution >= 0.6 is 23.2 Å². The summed E-state index contributed by atoms with van der Waals surface area (Å²) in [6, 6.07) is 27.7. The number of benzene rings is 4. The summed E-state index contributed by atoms with van der Waals surface area (Å²) >= 11 is 12.4. The van der Waals surface area contributed by atoms with Gasteiger partial charge in [-0.05, 0) is 79.9 Å². The van der Waals surface area contributed by atoms with Crippen LogP contribution in [0.5, 0.6) is 5.75 Å². The minimum atomic E-state index is -4.32. The predicted molar refractivity (Wildman–Crippen MR) is 187 cm³/mol. The normalized spacial score (nSPS) is 12.5. The maximum atomic E-state index is 14.7. The first-order valence-corrected chi connectivity index (χ1v) is 17.6. The van der Waals surface area contributed by atoms with Crippen molar-refractivity contribution in [2.45, 2.75) is 57.1 Å². The Labute approximate surface area is 287 Å². The fourth-order valence-corrected chi connectivity index (χ4v) is 6.78. The average molecular weight is 697 g/mol. The summed E-state index contributed by atoms with van der Waals surface area (Å²) in [4.78, 5) is 30.0. The number of sulfonamides is 1. The van der Waals surface area contributed by atoms with Crippen molar-refractivity contribution in [3.8, 4) is 5.75 Å². The number of hydrogen-bond acceptors (Lipinski definition) is 5. The molecule has 0 aliphatic heterocycles. The van der Waals surface area contributed by atoms with Crippen LogP contribution in [0.3, 0.4) is 0 Å². The number of amides is 2. The van der Waals surface area contributed by atoms with E-state index in [1.54, 1.807) is 49.4 Å². The van der Waals surface area contributed by atoms with Gasteiger partial charge in [-0.15, -0.1) is 0 Å². The smallest absolute Gasteiger partial charge is 0.264 e. The van der Waals surface area contributed by atoms with Crippen LogP contribution in [-0.4, -0.2) is 50.4 Å². The lowest BCUT2D eigenvalue weighted by atomic mass is 10.0. The molecule has 0 aromatic heterocycles. The Balaban J connectivity index is 1.84. The maximum absolute atomic E-state index is 14.7. The van der Waals surface area contributed by atoms with Gasteiger partial charge in [0, 0.05) is 29.1 Å². The molecule has 47 heavy (non-hydrogen) atoms. The lowest BCUT2D eigenvalue weighted by molar-refractivity contribution is -0.140. The van der Waals surface area contributed by atoms with Crippen molar-refractivity contribution in [2.75, 3.05) is 17.5 Å². The number of ether oxygens (including phenoxy) is 1. The van der Waals surface area contributed by atoms with Gasteiger partial charge in [0.2, 0.25) is 11.8 Å². The number of nitrogens with zero attached hydrogens (tertiary/aromatic N) is 2. The van der Waals surface area contributed by atoms with Gasteiger partial charge in [0.05, 0.1) is 17.2 Å². The van der Waals surface area contributed by atoms with Gasteiger partial charge in [0.25, 0.3) is 10.0 Å². The van der Waals surface area contributed by atoms with Crippen LogP contribution in [0.15, 0.2) is 108 Å². The lowest BCUT2D eigenvalue weighted by Crippen LogP contribution is -2.54. The number of anilines is 1. The lowest BCUT2D eigenvalue weighted by Gasteiger charge is -2.34. The number of nitrogens with one attached hydrogen (secondary N) is 1. The van der Waals surface area contributed by atoms with Crippen LogP contribution in [0.25, 0.3) is 0 Å². The second-order valence-corrected chi connectivity index (χ2v) is 13.8. The largest absolute Gasteiger partial charge is 0.492 e. The fraction of sp³-hybridized carbons (Fsp3) is 0.278. The first-order valence-electron chi connectivity index (χ1n) is 15.4. The molecule has 0 fully saturated rings. The molecule has 0 bridgehead atoms. The Hall–Kier alpha value is -4.05. The maximum Gasteiger partial charge on any atom is 0.264 e. The summed E-state index contributed by atoms with van der Waals surface area (Å²) in [5.74, 6) is -0.647. The van der Waals surface area contributed by atoms with Crippen molar-refractivity contribution < 1.29 is 22.7 Å². The molecule has 0 heterocycles. The Bertz CT molecular complexity index is 1750. The zero-order valence-corrected chi connectivity index (χ0v) is 28.9. The first-order chi connectivity index (χ1) is 22.5. The molecule has 0 saturated carbocycles. The van der Waals surface area contributed by atoms with Gasteiger partial charge >= 0.3 is 0 Å². The second kappa shape index (κ2) is 16.7. The average Bonchev–Trinajstić information content (AvgIpc) is 3.06. The van der Waals surface area contributed by atoms with E-state index in [1.807, 2.05) is 50.2 Å². The molecule has 248 valence electrons. The summed E-state index contributed by atoms with van der Waals surface area (Å²) in [7, 11) is -4.32. The third-order valence-corrected chi connectivity index (χ3v) is 9.89. The molecule has 0 unspecified atom stereocenters. The zero-order valence-electron chi connectivity index (χ0n) is 26.6. The topological polar surface area (TPSA) is 96.0 Å². The van der Waals surface area contributed by atoms with E-state index in [9.17, 15) is 18.0 Å². The van der Waals surface area contributed by atoms with E-state index in [2.05, 4.69) is 5.32 Å². The molecule has 0 aliphatic rings. The van der Waals surface area contributed by atoms with Crippen molar-refractivity contribution in [1.29, 1.82) is 0 Å². The minimum Gasteiger partial charge on any atom is -0.492 e. The van der Waals surface area contributed by atoms with E-state index < -0.39 is 28.5 Å². The highest BCUT2D eigenvalue weighted by molar-refractivity contribution is 7.92. The monoisotopic (exact) mass is 695 g/mol. The number of halogens is 2. The molecular formula is C36H39Cl2N3O5S. The molecule has 0 saturated heterocycles. The molecule has 4 aromatic carbocycles. The van der Waals surface area contributed by atoms with Crippen LogP contribution in [0, 0.1) is 0 Å². The van der Waals surface area contributed by atoms with E-state index in [0.717, 1.165) is 9.87 Å². The third kappa shape index (κ3) is 9.50. The van der Waals surface area contributed by atoms with E-state index in [4.69, 9.17) is 27.9 Å². The molecule has 4 rings (SSSR count). The molecule has 4 aromatic rings. The second-order valence-electron chi connectivity index (χ2n) is 11.0. The van der Waals surface area contributed by atoms with Gasteiger partial charge in [-0.2, -0.15) is 0 Å². The quantitative estimate of drug-likeness (QED) is 0.143. The van der Waals surface area contributed by atoms with Crippen molar-refractivity contribution in [3.63, 3.8) is 0 Å². The summed E-state index contributed by atoms with van der Waals surface area (Å²) in [5.41, 5.74) is 1.71. The molecule has 0 radical (unpaired) electrons. The fourth-order valence-electron chi connectivity index (χ4n) is 5.01. The summed E-state index contributed by atoms with van der Waals surface area (Å²) in [6.07, 6.45) is 0.891. The molecular weight excluding hydrogens is 657 g/mol. The number of carbonyl (C=O) groups is 2. The van der Waals surface area contributed by atoms with Crippen molar-refractivity contribution in [1.82, 2.24) is 10.2 Å². The van der Waals surface area contributed by atoms with Crippen LogP contribution < -0.4 is 14.4 Å². The highest BCUT2D eigenvalue weighted by atomic mass is 35.5. The summed E-state index contributed by atoms with van der Waals surface area (Å²) in [5, 5.41) is 3.87. The van der Waals surface area contributed by atoms with Crippen LogP contribution in [0.1, 0.15) is 38.3 Å². The van der Waals surface area contributed by atoms with Gasteiger partial charge in [-0.1, -0.05) is 84.7 Å². The Morgan fingerprint density at radius 3 is 2.15 bits per heavy atom. The Morgan fingerprint density at radius 1 is 0.830 bits per heavy atom. The van der Waals surface area contributed by atoms with Crippen LogP contribution in [0.2, 0.25) is 10.0 Å². The predicted octanol–water partition coefficient (Wildman–Crippen LogP) is 7.14. The van der Waals surface area contributed by atoms with Crippen molar-refractivity contribution in [3.05, 3.63) is 124 Å². The van der Waals surface area contributed by atoms with Gasteiger partial charge in [-0.3, -0.25) is 13.9 Å². The summed E-state index contributed by atoms with van der Waals surface area (Å²) < 4.78 is 35.4. The Kier molecular flexibility index (Phi) is 12.7.